The van der Waals surface area contributed by atoms with Crippen molar-refractivity contribution in [2.75, 3.05) is 14.2 Å². The van der Waals surface area contributed by atoms with Crippen molar-refractivity contribution in [3.05, 3.63) is 63.0 Å². The third-order valence-corrected chi connectivity index (χ3v) is 5.34. The Hall–Kier alpha value is -2.58. The first-order chi connectivity index (χ1) is 12.9. The third-order valence-electron chi connectivity index (χ3n) is 3.79. The van der Waals surface area contributed by atoms with Crippen molar-refractivity contribution in [1.82, 2.24) is 4.90 Å². The average Bonchev–Trinajstić information content (AvgIpc) is 2.90. The number of halogens is 1. The van der Waals surface area contributed by atoms with Gasteiger partial charge in [-0.1, -0.05) is 28.1 Å². The summed E-state index contributed by atoms with van der Waals surface area (Å²) in [6.07, 6.45) is 1.74. The summed E-state index contributed by atoms with van der Waals surface area (Å²) in [6.45, 7) is 0. The maximum Gasteiger partial charge on any atom is 0.266 e. The molecular formula is C19H14BrN2O4S-. The summed E-state index contributed by atoms with van der Waals surface area (Å²) >= 11 is 4.62. The van der Waals surface area contributed by atoms with E-state index in [4.69, 9.17) is 4.74 Å². The number of benzene rings is 2. The van der Waals surface area contributed by atoms with Gasteiger partial charge in [0.15, 0.2) is 5.17 Å². The number of hydrogen-bond acceptors (Lipinski definition) is 6. The SMILES string of the molecule is COc1ccc(Br)cc1/C=C1\SC(=Nc2cccc(C(=O)[O-])c2)N(C)C1=O. The maximum absolute atomic E-state index is 12.6. The van der Waals surface area contributed by atoms with Crippen LogP contribution in [0, 0.1) is 0 Å². The first-order valence-electron chi connectivity index (χ1n) is 7.80. The fourth-order valence-corrected chi connectivity index (χ4v) is 3.78. The second kappa shape index (κ2) is 7.98. The number of amidine groups is 1. The van der Waals surface area contributed by atoms with E-state index in [2.05, 4.69) is 20.9 Å². The molecule has 0 bridgehead atoms. The molecule has 0 N–H and O–H groups in total. The van der Waals surface area contributed by atoms with Gasteiger partial charge in [-0.15, -0.1) is 0 Å². The Balaban J connectivity index is 1.95. The molecule has 0 aromatic heterocycles. The van der Waals surface area contributed by atoms with Crippen LogP contribution in [0.3, 0.4) is 0 Å². The first-order valence-corrected chi connectivity index (χ1v) is 9.41. The molecule has 0 atom stereocenters. The van der Waals surface area contributed by atoms with Crippen molar-refractivity contribution >= 4 is 56.5 Å². The number of nitrogens with zero attached hydrogens (tertiary/aromatic N) is 2. The van der Waals surface area contributed by atoms with Gasteiger partial charge < -0.3 is 14.6 Å². The molecule has 3 rings (SSSR count). The highest BCUT2D eigenvalue weighted by atomic mass is 79.9. The zero-order valence-electron chi connectivity index (χ0n) is 14.4. The van der Waals surface area contributed by atoms with Crippen molar-refractivity contribution in [3.8, 4) is 5.75 Å². The van der Waals surface area contributed by atoms with E-state index in [0.29, 0.717) is 21.5 Å². The monoisotopic (exact) mass is 445 g/mol. The van der Waals surface area contributed by atoms with Crippen LogP contribution in [-0.2, 0) is 4.79 Å². The standard InChI is InChI=1S/C19H15BrN2O4S/c1-22-17(23)16(10-12-8-13(20)6-7-15(12)26-2)27-19(22)21-14-5-3-4-11(9-14)18(24)25/h3-10H,1-2H3,(H,24,25)/p-1/b16-10-,21-19?. The summed E-state index contributed by atoms with van der Waals surface area (Å²) in [5.74, 6) is -0.825. The quantitative estimate of drug-likeness (QED) is 0.675. The maximum atomic E-state index is 12.6. The molecule has 2 aromatic rings. The van der Waals surface area contributed by atoms with E-state index in [-0.39, 0.29) is 11.5 Å². The molecule has 0 saturated carbocycles. The summed E-state index contributed by atoms with van der Waals surface area (Å²) in [5, 5.41) is 11.5. The molecule has 1 aliphatic heterocycles. The van der Waals surface area contributed by atoms with Gasteiger partial charge in [0.05, 0.1) is 23.7 Å². The predicted molar refractivity (Wildman–Crippen MR) is 107 cm³/mol. The first kappa shape index (κ1) is 19.2. The second-order valence-corrected chi connectivity index (χ2v) is 7.52. The smallest absolute Gasteiger partial charge is 0.266 e. The van der Waals surface area contributed by atoms with Crippen LogP contribution >= 0.6 is 27.7 Å². The van der Waals surface area contributed by atoms with Gasteiger partial charge in [0.2, 0.25) is 0 Å². The molecule has 0 aliphatic carbocycles. The molecule has 1 heterocycles. The molecule has 0 unspecified atom stereocenters. The van der Waals surface area contributed by atoms with Crippen molar-refractivity contribution < 1.29 is 19.4 Å². The lowest BCUT2D eigenvalue weighted by Gasteiger charge is -2.08. The molecule has 0 radical (unpaired) electrons. The van der Waals surface area contributed by atoms with Gasteiger partial charge in [0.1, 0.15) is 5.75 Å². The molecule has 27 heavy (non-hydrogen) atoms. The van der Waals surface area contributed by atoms with Crippen LogP contribution in [0.1, 0.15) is 15.9 Å². The minimum Gasteiger partial charge on any atom is -0.545 e. The number of likely N-dealkylation sites (N-methyl/N-ethyl adjacent to an activating group) is 1. The third kappa shape index (κ3) is 4.23. The van der Waals surface area contributed by atoms with Crippen molar-refractivity contribution in [2.24, 2.45) is 4.99 Å². The minimum atomic E-state index is -1.28. The summed E-state index contributed by atoms with van der Waals surface area (Å²) in [4.78, 5) is 29.9. The number of aromatic carboxylic acids is 1. The number of hydrogen-bond donors (Lipinski definition) is 0. The van der Waals surface area contributed by atoms with Crippen LogP contribution in [0.4, 0.5) is 5.69 Å². The lowest BCUT2D eigenvalue weighted by atomic mass is 10.2. The van der Waals surface area contributed by atoms with E-state index in [1.165, 1.54) is 28.8 Å². The summed E-state index contributed by atoms with van der Waals surface area (Å²) < 4.78 is 6.21. The van der Waals surface area contributed by atoms with Gasteiger partial charge in [-0.2, -0.15) is 0 Å². The molecule has 0 spiro atoms. The van der Waals surface area contributed by atoms with Gasteiger partial charge in [-0.25, -0.2) is 4.99 Å². The Morgan fingerprint density at radius 3 is 2.78 bits per heavy atom. The summed E-state index contributed by atoms with van der Waals surface area (Å²) in [5.41, 5.74) is 1.22. The molecule has 1 amide bonds. The van der Waals surface area contributed by atoms with Gasteiger partial charge in [0.25, 0.3) is 5.91 Å². The van der Waals surface area contributed by atoms with E-state index in [9.17, 15) is 14.7 Å². The van der Waals surface area contributed by atoms with E-state index >= 15 is 0 Å². The molecule has 8 heteroatoms. The van der Waals surface area contributed by atoms with Crippen molar-refractivity contribution in [1.29, 1.82) is 0 Å². The fraction of sp³-hybridized carbons (Fsp3) is 0.105. The van der Waals surface area contributed by atoms with Crippen LogP contribution in [0.15, 0.2) is 56.8 Å². The van der Waals surface area contributed by atoms with Gasteiger partial charge >= 0.3 is 0 Å². The fourth-order valence-electron chi connectivity index (χ4n) is 2.42. The molecule has 1 aliphatic rings. The highest BCUT2D eigenvalue weighted by molar-refractivity contribution is 9.10. The van der Waals surface area contributed by atoms with Crippen LogP contribution in [0.2, 0.25) is 0 Å². The lowest BCUT2D eigenvalue weighted by Crippen LogP contribution is -2.23. The Kier molecular flexibility index (Phi) is 5.67. The number of ether oxygens (including phenoxy) is 1. The van der Waals surface area contributed by atoms with E-state index < -0.39 is 5.97 Å². The number of carboxylic acids is 1. The molecule has 6 nitrogen and oxygen atoms in total. The molecule has 1 saturated heterocycles. The second-order valence-electron chi connectivity index (χ2n) is 5.59. The van der Waals surface area contributed by atoms with Crippen LogP contribution in [0.5, 0.6) is 5.75 Å². The number of carboxylic acid groups (broad SMARTS) is 1. The topological polar surface area (TPSA) is 82.0 Å². The van der Waals surface area contributed by atoms with Gasteiger partial charge in [-0.3, -0.25) is 9.69 Å². The lowest BCUT2D eigenvalue weighted by molar-refractivity contribution is -0.255. The number of amides is 1. The summed E-state index contributed by atoms with van der Waals surface area (Å²) in [7, 11) is 3.19. The minimum absolute atomic E-state index is 0.0310. The predicted octanol–water partition coefficient (Wildman–Crippen LogP) is 3.06. The normalized spacial score (nSPS) is 17.0. The van der Waals surface area contributed by atoms with E-state index in [0.717, 1.165) is 10.0 Å². The molecule has 1 fully saturated rings. The van der Waals surface area contributed by atoms with Crippen LogP contribution in [-0.4, -0.2) is 36.1 Å². The Labute approximate surface area is 168 Å². The Morgan fingerprint density at radius 1 is 1.30 bits per heavy atom. The number of aliphatic imine (C=N–C) groups is 1. The largest absolute Gasteiger partial charge is 0.545 e. The van der Waals surface area contributed by atoms with E-state index in [1.807, 2.05) is 18.2 Å². The number of thioether (sulfide) groups is 1. The molecule has 2 aromatic carbocycles. The van der Waals surface area contributed by atoms with Crippen molar-refractivity contribution in [2.45, 2.75) is 0 Å². The van der Waals surface area contributed by atoms with Gasteiger partial charge in [0, 0.05) is 17.1 Å². The van der Waals surface area contributed by atoms with Crippen molar-refractivity contribution in [3.63, 3.8) is 0 Å². The highest BCUT2D eigenvalue weighted by Gasteiger charge is 2.30. The molecule has 138 valence electrons. The Morgan fingerprint density at radius 2 is 2.07 bits per heavy atom. The zero-order valence-corrected chi connectivity index (χ0v) is 16.8. The van der Waals surface area contributed by atoms with E-state index in [1.54, 1.807) is 32.4 Å². The number of carbonyl (C=O) groups is 2. The Bertz CT molecular complexity index is 987. The summed E-state index contributed by atoms with van der Waals surface area (Å²) in [6, 6.07) is 11.6. The highest BCUT2D eigenvalue weighted by Crippen LogP contribution is 2.35. The number of carbonyl (C=O) groups excluding carboxylic acids is 2. The number of methoxy groups -OCH3 is 1. The van der Waals surface area contributed by atoms with Crippen LogP contribution in [0.25, 0.3) is 6.08 Å². The van der Waals surface area contributed by atoms with Gasteiger partial charge in [-0.05, 0) is 53.7 Å². The number of rotatable bonds is 4. The zero-order chi connectivity index (χ0) is 19.6. The van der Waals surface area contributed by atoms with Crippen LogP contribution < -0.4 is 9.84 Å². The average molecular weight is 446 g/mol. The molecular weight excluding hydrogens is 432 g/mol.